The van der Waals surface area contributed by atoms with E-state index in [2.05, 4.69) is 31.7 Å². The average molecular weight is 316 g/mol. The Morgan fingerprint density at radius 2 is 1.59 bits per heavy atom. The summed E-state index contributed by atoms with van der Waals surface area (Å²) in [5.74, 6) is 1.87. The van der Waals surface area contributed by atoms with Gasteiger partial charge in [0.25, 0.3) is 0 Å². The first-order chi connectivity index (χ1) is 10.7. The standard InChI is InChI=1S/C15H20N6S/c1-11-12(2)18-15(22-3)19-13(11)20-7-9-21(10-8-20)14-16-5-4-6-17-14/h4-6H,7-10H2,1-3H3. The van der Waals surface area contributed by atoms with E-state index in [4.69, 9.17) is 4.98 Å². The van der Waals surface area contributed by atoms with Gasteiger partial charge < -0.3 is 9.80 Å². The first-order valence-electron chi connectivity index (χ1n) is 7.35. The van der Waals surface area contributed by atoms with Gasteiger partial charge in [-0.3, -0.25) is 0 Å². The van der Waals surface area contributed by atoms with Crippen molar-refractivity contribution >= 4 is 23.5 Å². The molecule has 0 saturated carbocycles. The number of rotatable bonds is 3. The van der Waals surface area contributed by atoms with Crippen molar-refractivity contribution in [3.05, 3.63) is 29.7 Å². The number of piperazine rings is 1. The second-order valence-electron chi connectivity index (χ2n) is 5.27. The van der Waals surface area contributed by atoms with Crippen LogP contribution in [0.2, 0.25) is 0 Å². The SMILES string of the molecule is CSc1nc(C)c(C)c(N2CCN(c3ncccn3)CC2)n1. The highest BCUT2D eigenvalue weighted by atomic mass is 32.2. The molecule has 0 unspecified atom stereocenters. The minimum atomic E-state index is 0.808. The van der Waals surface area contributed by atoms with Crippen LogP contribution >= 0.6 is 11.8 Å². The van der Waals surface area contributed by atoms with Gasteiger partial charge >= 0.3 is 0 Å². The Hall–Kier alpha value is -1.89. The third-order valence-electron chi connectivity index (χ3n) is 3.94. The first-order valence-corrected chi connectivity index (χ1v) is 8.57. The van der Waals surface area contributed by atoms with Gasteiger partial charge in [-0.25, -0.2) is 19.9 Å². The van der Waals surface area contributed by atoms with Crippen LogP contribution in [-0.4, -0.2) is 52.4 Å². The maximum Gasteiger partial charge on any atom is 0.225 e. The van der Waals surface area contributed by atoms with E-state index in [1.807, 2.05) is 19.2 Å². The van der Waals surface area contributed by atoms with E-state index in [1.54, 1.807) is 24.2 Å². The Kier molecular flexibility index (Phi) is 4.42. The van der Waals surface area contributed by atoms with Crippen LogP contribution in [0.1, 0.15) is 11.3 Å². The molecule has 1 aliphatic rings. The maximum atomic E-state index is 4.70. The Labute approximate surface area is 135 Å². The van der Waals surface area contributed by atoms with Gasteiger partial charge in [-0.15, -0.1) is 0 Å². The quantitative estimate of drug-likeness (QED) is 0.633. The third kappa shape index (κ3) is 2.99. The van der Waals surface area contributed by atoms with Crippen LogP contribution in [0, 0.1) is 13.8 Å². The molecule has 1 aliphatic heterocycles. The monoisotopic (exact) mass is 316 g/mol. The molecule has 7 heteroatoms. The molecule has 0 radical (unpaired) electrons. The van der Waals surface area contributed by atoms with E-state index in [-0.39, 0.29) is 0 Å². The summed E-state index contributed by atoms with van der Waals surface area (Å²) in [7, 11) is 0. The highest BCUT2D eigenvalue weighted by Crippen LogP contribution is 2.24. The smallest absolute Gasteiger partial charge is 0.225 e. The van der Waals surface area contributed by atoms with Crippen LogP contribution in [-0.2, 0) is 0 Å². The normalized spacial score (nSPS) is 15.2. The molecule has 0 aromatic carbocycles. The summed E-state index contributed by atoms with van der Waals surface area (Å²) >= 11 is 1.59. The summed E-state index contributed by atoms with van der Waals surface area (Å²) in [6, 6.07) is 1.84. The summed E-state index contributed by atoms with van der Waals surface area (Å²) in [4.78, 5) is 22.4. The maximum absolute atomic E-state index is 4.70. The molecule has 0 N–H and O–H groups in total. The molecule has 0 amide bonds. The number of hydrogen-bond donors (Lipinski definition) is 0. The number of anilines is 2. The van der Waals surface area contributed by atoms with Crippen LogP contribution in [0.4, 0.5) is 11.8 Å². The fourth-order valence-corrected chi connectivity index (χ4v) is 2.97. The predicted molar refractivity (Wildman–Crippen MR) is 89.7 cm³/mol. The van der Waals surface area contributed by atoms with Gasteiger partial charge in [-0.1, -0.05) is 11.8 Å². The Morgan fingerprint density at radius 1 is 0.955 bits per heavy atom. The lowest BCUT2D eigenvalue weighted by Crippen LogP contribution is -2.47. The predicted octanol–water partition coefficient (Wildman–Crippen LogP) is 1.93. The molecule has 0 bridgehead atoms. The van der Waals surface area contributed by atoms with Gasteiger partial charge in [0.05, 0.1) is 0 Å². The summed E-state index contributed by atoms with van der Waals surface area (Å²) in [5.41, 5.74) is 2.23. The molecule has 0 spiro atoms. The lowest BCUT2D eigenvalue weighted by Gasteiger charge is -2.36. The van der Waals surface area contributed by atoms with Crippen molar-refractivity contribution in [1.29, 1.82) is 0 Å². The zero-order valence-electron chi connectivity index (χ0n) is 13.2. The number of aryl methyl sites for hydroxylation is 1. The van der Waals surface area contributed by atoms with E-state index in [9.17, 15) is 0 Å². The Balaban J connectivity index is 1.75. The van der Waals surface area contributed by atoms with Gasteiger partial charge in [0.2, 0.25) is 5.95 Å². The van der Waals surface area contributed by atoms with Crippen molar-refractivity contribution in [3.63, 3.8) is 0 Å². The van der Waals surface area contributed by atoms with Crippen LogP contribution < -0.4 is 9.80 Å². The zero-order chi connectivity index (χ0) is 15.5. The molecule has 0 aliphatic carbocycles. The minimum Gasteiger partial charge on any atom is -0.353 e. The Morgan fingerprint density at radius 3 is 2.23 bits per heavy atom. The molecule has 22 heavy (non-hydrogen) atoms. The fraction of sp³-hybridized carbons (Fsp3) is 0.467. The van der Waals surface area contributed by atoms with Crippen LogP contribution in [0.3, 0.4) is 0 Å². The van der Waals surface area contributed by atoms with Crippen molar-refractivity contribution in [2.24, 2.45) is 0 Å². The summed E-state index contributed by atoms with van der Waals surface area (Å²) < 4.78 is 0. The summed E-state index contributed by atoms with van der Waals surface area (Å²) in [6.07, 6.45) is 5.59. The molecule has 116 valence electrons. The molecule has 2 aromatic rings. The third-order valence-corrected chi connectivity index (χ3v) is 4.49. The van der Waals surface area contributed by atoms with Crippen molar-refractivity contribution in [2.75, 3.05) is 42.2 Å². The van der Waals surface area contributed by atoms with Gasteiger partial charge in [-0.2, -0.15) is 0 Å². The van der Waals surface area contributed by atoms with E-state index in [0.717, 1.165) is 48.8 Å². The number of thioether (sulfide) groups is 1. The summed E-state index contributed by atoms with van der Waals surface area (Å²) in [6.45, 7) is 7.80. The topological polar surface area (TPSA) is 58.0 Å². The second-order valence-corrected chi connectivity index (χ2v) is 6.04. The first kappa shape index (κ1) is 15.0. The Bertz CT molecular complexity index is 640. The molecule has 0 atom stereocenters. The van der Waals surface area contributed by atoms with Crippen LogP contribution in [0.5, 0.6) is 0 Å². The molecule has 1 fully saturated rings. The van der Waals surface area contributed by atoms with Gasteiger partial charge in [0, 0.05) is 49.8 Å². The van der Waals surface area contributed by atoms with Gasteiger partial charge in [0.1, 0.15) is 5.82 Å². The molecular weight excluding hydrogens is 296 g/mol. The number of nitrogens with zero attached hydrogens (tertiary/aromatic N) is 6. The van der Waals surface area contributed by atoms with E-state index >= 15 is 0 Å². The highest BCUT2D eigenvalue weighted by Gasteiger charge is 2.22. The van der Waals surface area contributed by atoms with E-state index in [1.165, 1.54) is 5.56 Å². The van der Waals surface area contributed by atoms with Crippen molar-refractivity contribution in [3.8, 4) is 0 Å². The van der Waals surface area contributed by atoms with E-state index < -0.39 is 0 Å². The largest absolute Gasteiger partial charge is 0.353 e. The van der Waals surface area contributed by atoms with Crippen LogP contribution in [0.25, 0.3) is 0 Å². The molecule has 1 saturated heterocycles. The van der Waals surface area contributed by atoms with Gasteiger partial charge in [0.15, 0.2) is 5.16 Å². The van der Waals surface area contributed by atoms with Gasteiger partial charge in [-0.05, 0) is 26.2 Å². The summed E-state index contributed by atoms with van der Waals surface area (Å²) in [5, 5.41) is 0.840. The van der Waals surface area contributed by atoms with Crippen molar-refractivity contribution in [2.45, 2.75) is 19.0 Å². The fourth-order valence-electron chi connectivity index (χ4n) is 2.56. The average Bonchev–Trinajstić information content (AvgIpc) is 2.58. The second kappa shape index (κ2) is 6.48. The lowest BCUT2D eigenvalue weighted by atomic mass is 10.2. The van der Waals surface area contributed by atoms with Crippen molar-refractivity contribution < 1.29 is 0 Å². The zero-order valence-corrected chi connectivity index (χ0v) is 14.0. The lowest BCUT2D eigenvalue weighted by molar-refractivity contribution is 0.628. The number of aromatic nitrogens is 4. The van der Waals surface area contributed by atoms with Crippen molar-refractivity contribution in [1.82, 2.24) is 19.9 Å². The van der Waals surface area contributed by atoms with Crippen LogP contribution in [0.15, 0.2) is 23.6 Å². The minimum absolute atomic E-state index is 0.808. The molecule has 2 aromatic heterocycles. The molecule has 6 nitrogen and oxygen atoms in total. The molecular formula is C15H20N6S. The highest BCUT2D eigenvalue weighted by molar-refractivity contribution is 7.98. The molecule has 3 heterocycles. The number of hydrogen-bond acceptors (Lipinski definition) is 7. The molecule has 3 rings (SSSR count). The van der Waals surface area contributed by atoms with E-state index in [0.29, 0.717) is 0 Å².